The van der Waals surface area contributed by atoms with E-state index in [9.17, 15) is 4.79 Å². The van der Waals surface area contributed by atoms with E-state index in [1.807, 2.05) is 34.0 Å². The van der Waals surface area contributed by atoms with Crippen LogP contribution in [0.3, 0.4) is 0 Å². The molecular formula is C19H27N5O. The summed E-state index contributed by atoms with van der Waals surface area (Å²) in [7, 11) is 0. The van der Waals surface area contributed by atoms with Crippen LogP contribution in [0.25, 0.3) is 0 Å². The van der Waals surface area contributed by atoms with Crippen molar-refractivity contribution in [3.63, 3.8) is 0 Å². The topological polar surface area (TPSA) is 54.3 Å². The van der Waals surface area contributed by atoms with Crippen LogP contribution in [0.15, 0.2) is 36.8 Å². The first-order chi connectivity index (χ1) is 12.1. The maximum Gasteiger partial charge on any atom is 0.255 e. The Hall–Kier alpha value is -2.37. The lowest BCUT2D eigenvalue weighted by molar-refractivity contribution is 0.0721. The van der Waals surface area contributed by atoms with Gasteiger partial charge in [0, 0.05) is 37.7 Å². The van der Waals surface area contributed by atoms with Crippen LogP contribution in [0.1, 0.15) is 44.0 Å². The number of aromatic nitrogens is 3. The minimum Gasteiger partial charge on any atom is -0.354 e. The summed E-state index contributed by atoms with van der Waals surface area (Å²) < 4.78 is 1.90. The molecule has 1 atom stereocenters. The van der Waals surface area contributed by atoms with E-state index in [2.05, 4.69) is 35.8 Å². The first-order valence-corrected chi connectivity index (χ1v) is 9.11. The number of nitrogens with zero attached hydrogens (tertiary/aromatic N) is 5. The van der Waals surface area contributed by atoms with E-state index in [1.165, 1.54) is 0 Å². The summed E-state index contributed by atoms with van der Waals surface area (Å²) in [5, 5.41) is 4.26. The summed E-state index contributed by atoms with van der Waals surface area (Å²) in [6, 6.07) is 6.36. The Morgan fingerprint density at radius 3 is 2.84 bits per heavy atom. The molecule has 1 unspecified atom stereocenters. The zero-order chi connectivity index (χ0) is 17.8. The van der Waals surface area contributed by atoms with Gasteiger partial charge in [-0.1, -0.05) is 0 Å². The van der Waals surface area contributed by atoms with Gasteiger partial charge in [0.2, 0.25) is 0 Å². The third kappa shape index (κ3) is 3.83. The Morgan fingerprint density at radius 1 is 1.40 bits per heavy atom. The Balaban J connectivity index is 1.71. The molecule has 0 aliphatic carbocycles. The lowest BCUT2D eigenvalue weighted by Crippen LogP contribution is -2.38. The molecule has 0 spiro atoms. The van der Waals surface area contributed by atoms with Crippen LogP contribution in [0.5, 0.6) is 0 Å². The monoisotopic (exact) mass is 341 g/mol. The van der Waals surface area contributed by atoms with Crippen LogP contribution in [-0.2, 0) is 6.54 Å². The summed E-state index contributed by atoms with van der Waals surface area (Å²) in [4.78, 5) is 21.6. The fraction of sp³-hybridized carbons (Fsp3) is 0.526. The van der Waals surface area contributed by atoms with E-state index in [0.29, 0.717) is 11.6 Å². The molecule has 25 heavy (non-hydrogen) atoms. The Bertz CT molecular complexity index is 680. The van der Waals surface area contributed by atoms with Crippen LogP contribution in [-0.4, -0.2) is 50.7 Å². The molecule has 0 radical (unpaired) electrons. The Kier molecular flexibility index (Phi) is 5.36. The molecule has 3 rings (SSSR count). The van der Waals surface area contributed by atoms with Gasteiger partial charge in [-0.2, -0.15) is 5.10 Å². The van der Waals surface area contributed by atoms with Crippen molar-refractivity contribution in [1.82, 2.24) is 19.7 Å². The van der Waals surface area contributed by atoms with Crippen molar-refractivity contribution < 1.29 is 4.79 Å². The van der Waals surface area contributed by atoms with Crippen LogP contribution < -0.4 is 4.90 Å². The molecule has 1 saturated heterocycles. The number of hydrogen-bond acceptors (Lipinski definition) is 4. The molecule has 0 saturated carbocycles. The molecule has 6 nitrogen and oxygen atoms in total. The highest BCUT2D eigenvalue weighted by Crippen LogP contribution is 2.22. The maximum absolute atomic E-state index is 12.9. The summed E-state index contributed by atoms with van der Waals surface area (Å²) in [5.41, 5.74) is 0.663. The quantitative estimate of drug-likeness (QED) is 0.811. The van der Waals surface area contributed by atoms with E-state index in [0.717, 1.165) is 38.3 Å². The lowest BCUT2D eigenvalue weighted by atomic mass is 10.2. The third-order valence-electron chi connectivity index (χ3n) is 4.85. The number of hydrogen-bond donors (Lipinski definition) is 0. The fourth-order valence-corrected chi connectivity index (χ4v) is 3.56. The van der Waals surface area contributed by atoms with Crippen molar-refractivity contribution in [2.45, 2.75) is 52.2 Å². The van der Waals surface area contributed by atoms with Gasteiger partial charge < -0.3 is 9.80 Å². The fourth-order valence-electron chi connectivity index (χ4n) is 3.56. The van der Waals surface area contributed by atoms with E-state index in [1.54, 1.807) is 12.4 Å². The predicted molar refractivity (Wildman–Crippen MR) is 98.7 cm³/mol. The highest BCUT2D eigenvalue weighted by atomic mass is 16.2. The number of anilines is 1. The number of pyridine rings is 1. The van der Waals surface area contributed by atoms with Crippen LogP contribution >= 0.6 is 0 Å². The number of carbonyl (C=O) groups is 1. The Morgan fingerprint density at radius 2 is 2.24 bits per heavy atom. The van der Waals surface area contributed by atoms with Crippen molar-refractivity contribution in [2.24, 2.45) is 0 Å². The third-order valence-corrected chi connectivity index (χ3v) is 4.85. The van der Waals surface area contributed by atoms with Crippen molar-refractivity contribution in [2.75, 3.05) is 18.0 Å². The van der Waals surface area contributed by atoms with E-state index < -0.39 is 0 Å². The van der Waals surface area contributed by atoms with Gasteiger partial charge in [-0.25, -0.2) is 4.98 Å². The summed E-state index contributed by atoms with van der Waals surface area (Å²) >= 11 is 0. The van der Waals surface area contributed by atoms with Crippen molar-refractivity contribution in [3.8, 4) is 0 Å². The molecule has 3 heterocycles. The maximum atomic E-state index is 12.9. The molecule has 1 aliphatic rings. The standard InChI is InChI=1S/C19H27N5O/c1-4-23(15(2)3)18-9-8-16(13-20-18)19(25)24-12-5-7-17(24)14-22-11-6-10-21-22/h6,8-11,13,15,17H,4-5,7,12,14H2,1-3H3. The van der Waals surface area contributed by atoms with E-state index in [-0.39, 0.29) is 11.9 Å². The highest BCUT2D eigenvalue weighted by molar-refractivity contribution is 5.94. The van der Waals surface area contributed by atoms with Crippen molar-refractivity contribution >= 4 is 11.7 Å². The zero-order valence-electron chi connectivity index (χ0n) is 15.3. The van der Waals surface area contributed by atoms with Crippen LogP contribution in [0.2, 0.25) is 0 Å². The summed E-state index contributed by atoms with van der Waals surface area (Å²) in [5.74, 6) is 0.991. The molecule has 0 bridgehead atoms. The molecule has 6 heteroatoms. The van der Waals surface area contributed by atoms with Gasteiger partial charge in [0.05, 0.1) is 18.2 Å². The van der Waals surface area contributed by atoms with E-state index >= 15 is 0 Å². The average Bonchev–Trinajstić information content (AvgIpc) is 3.27. The lowest BCUT2D eigenvalue weighted by Gasteiger charge is -2.27. The smallest absolute Gasteiger partial charge is 0.255 e. The average molecular weight is 341 g/mol. The summed E-state index contributed by atoms with van der Waals surface area (Å²) in [6.45, 7) is 8.87. The zero-order valence-corrected chi connectivity index (χ0v) is 15.3. The molecule has 2 aromatic heterocycles. The molecule has 134 valence electrons. The predicted octanol–water partition coefficient (Wildman–Crippen LogP) is 2.82. The van der Waals surface area contributed by atoms with Crippen molar-refractivity contribution in [3.05, 3.63) is 42.4 Å². The van der Waals surface area contributed by atoms with Crippen LogP contribution in [0, 0.1) is 0 Å². The molecule has 0 N–H and O–H groups in total. The van der Waals surface area contributed by atoms with Gasteiger partial charge in [0.1, 0.15) is 5.82 Å². The SMILES string of the molecule is CCN(c1ccc(C(=O)N2CCCC2Cn2cccn2)cn1)C(C)C. The molecule has 1 fully saturated rings. The second-order valence-electron chi connectivity index (χ2n) is 6.81. The largest absolute Gasteiger partial charge is 0.354 e. The molecule has 1 aliphatic heterocycles. The van der Waals surface area contributed by atoms with Gasteiger partial charge in [0.15, 0.2) is 0 Å². The van der Waals surface area contributed by atoms with E-state index in [4.69, 9.17) is 0 Å². The first-order valence-electron chi connectivity index (χ1n) is 9.11. The molecule has 2 aromatic rings. The van der Waals surface area contributed by atoms with Gasteiger partial charge in [-0.15, -0.1) is 0 Å². The van der Waals surface area contributed by atoms with Gasteiger partial charge >= 0.3 is 0 Å². The number of rotatable bonds is 6. The second kappa shape index (κ2) is 7.68. The van der Waals surface area contributed by atoms with Gasteiger partial charge in [-0.3, -0.25) is 9.48 Å². The van der Waals surface area contributed by atoms with Crippen LogP contribution in [0.4, 0.5) is 5.82 Å². The second-order valence-corrected chi connectivity index (χ2v) is 6.81. The molecular weight excluding hydrogens is 314 g/mol. The van der Waals surface area contributed by atoms with Gasteiger partial charge in [-0.05, 0) is 51.8 Å². The minimum atomic E-state index is 0.0706. The van der Waals surface area contributed by atoms with Gasteiger partial charge in [0.25, 0.3) is 5.91 Å². The Labute approximate surface area is 149 Å². The highest BCUT2D eigenvalue weighted by Gasteiger charge is 2.30. The first kappa shape index (κ1) is 17.5. The molecule has 1 amide bonds. The minimum absolute atomic E-state index is 0.0706. The number of likely N-dealkylation sites (tertiary alicyclic amines) is 1. The number of carbonyl (C=O) groups excluding carboxylic acids is 1. The number of amides is 1. The molecule has 0 aromatic carbocycles. The summed E-state index contributed by atoms with van der Waals surface area (Å²) in [6.07, 6.45) is 7.50. The normalized spacial score (nSPS) is 17.3. The van der Waals surface area contributed by atoms with Crippen molar-refractivity contribution in [1.29, 1.82) is 0 Å².